The van der Waals surface area contributed by atoms with Crippen LogP contribution in [0.5, 0.6) is 0 Å². The summed E-state index contributed by atoms with van der Waals surface area (Å²) in [5, 5.41) is 6.16. The van der Waals surface area contributed by atoms with Gasteiger partial charge < -0.3 is 15.5 Å². The summed E-state index contributed by atoms with van der Waals surface area (Å²) in [6.07, 6.45) is 3.50. The molecule has 23 heavy (non-hydrogen) atoms. The second-order valence-electron chi connectivity index (χ2n) is 8.43. The van der Waals surface area contributed by atoms with Crippen LogP contribution in [0.1, 0.15) is 60.8 Å². The first kappa shape index (κ1) is 19.9. The predicted molar refractivity (Wildman–Crippen MR) is 93.2 cm³/mol. The number of quaternary nitrogens is 1. The van der Waals surface area contributed by atoms with Gasteiger partial charge in [0.05, 0.1) is 7.05 Å². The summed E-state index contributed by atoms with van der Waals surface area (Å²) >= 11 is 0. The number of hydrogen-bond donors (Lipinski definition) is 3. The summed E-state index contributed by atoms with van der Waals surface area (Å²) in [7, 11) is 1.90. The number of carbonyl (C=O) groups is 2. The molecule has 1 aliphatic rings. The van der Waals surface area contributed by atoms with E-state index in [-0.39, 0.29) is 29.4 Å². The zero-order valence-corrected chi connectivity index (χ0v) is 16.0. The number of amides is 2. The van der Waals surface area contributed by atoms with Gasteiger partial charge in [0.25, 0.3) is 11.8 Å². The molecule has 0 heterocycles. The van der Waals surface area contributed by atoms with Gasteiger partial charge in [0, 0.05) is 11.6 Å². The lowest BCUT2D eigenvalue weighted by Crippen LogP contribution is -3.15. The number of nitrogens with one attached hydrogen (secondary N) is 3. The SMILES string of the molecule is C[C@@H]1[C@H](C)CCC[C@H]1NC(=O)[C@@H](C)[NH+](C)CC(=O)NC(C)(C)C. The topological polar surface area (TPSA) is 62.6 Å². The van der Waals surface area contributed by atoms with Crippen molar-refractivity contribution < 1.29 is 14.5 Å². The minimum absolute atomic E-state index is 0.0192. The largest absolute Gasteiger partial charge is 0.348 e. The van der Waals surface area contributed by atoms with Crippen LogP contribution in [0.15, 0.2) is 0 Å². The molecule has 5 nitrogen and oxygen atoms in total. The molecule has 0 aliphatic heterocycles. The van der Waals surface area contributed by atoms with E-state index in [2.05, 4.69) is 24.5 Å². The van der Waals surface area contributed by atoms with Gasteiger partial charge in [0.1, 0.15) is 0 Å². The Bertz CT molecular complexity index is 417. The van der Waals surface area contributed by atoms with Crippen LogP contribution >= 0.6 is 0 Å². The third-order valence-corrected chi connectivity index (χ3v) is 5.12. The van der Waals surface area contributed by atoms with Gasteiger partial charge in [0.15, 0.2) is 12.6 Å². The maximum Gasteiger partial charge on any atom is 0.278 e. The fraction of sp³-hybridized carbons (Fsp3) is 0.889. The van der Waals surface area contributed by atoms with Gasteiger partial charge in [-0.05, 0) is 46.0 Å². The van der Waals surface area contributed by atoms with Gasteiger partial charge in [-0.15, -0.1) is 0 Å². The van der Waals surface area contributed by atoms with Crippen molar-refractivity contribution in [2.24, 2.45) is 11.8 Å². The Balaban J connectivity index is 2.50. The summed E-state index contributed by atoms with van der Waals surface area (Å²) in [6.45, 7) is 12.6. The van der Waals surface area contributed by atoms with Crippen molar-refractivity contribution in [3.63, 3.8) is 0 Å². The van der Waals surface area contributed by atoms with Crippen LogP contribution in [-0.2, 0) is 9.59 Å². The molecule has 1 saturated carbocycles. The fourth-order valence-corrected chi connectivity index (χ4v) is 3.19. The first-order chi connectivity index (χ1) is 10.5. The third-order valence-electron chi connectivity index (χ3n) is 5.12. The van der Waals surface area contributed by atoms with E-state index in [0.717, 1.165) is 11.3 Å². The Morgan fingerprint density at radius 1 is 1.22 bits per heavy atom. The van der Waals surface area contributed by atoms with Crippen LogP contribution in [0.3, 0.4) is 0 Å². The number of carbonyl (C=O) groups excluding carboxylic acids is 2. The lowest BCUT2D eigenvalue weighted by atomic mass is 9.78. The van der Waals surface area contributed by atoms with Crippen molar-refractivity contribution in [2.45, 2.75) is 78.4 Å². The summed E-state index contributed by atoms with van der Waals surface area (Å²) in [4.78, 5) is 25.4. The van der Waals surface area contributed by atoms with Gasteiger partial charge in [-0.1, -0.05) is 26.7 Å². The highest BCUT2D eigenvalue weighted by Gasteiger charge is 2.32. The van der Waals surface area contributed by atoms with Crippen molar-refractivity contribution >= 4 is 11.8 Å². The molecule has 134 valence electrons. The molecule has 2 amide bonds. The van der Waals surface area contributed by atoms with Gasteiger partial charge in [-0.25, -0.2) is 0 Å². The smallest absolute Gasteiger partial charge is 0.278 e. The Morgan fingerprint density at radius 2 is 1.83 bits per heavy atom. The van der Waals surface area contributed by atoms with E-state index in [0.29, 0.717) is 18.4 Å². The standard InChI is InChI=1S/C18H35N3O2/c1-12-9-8-10-15(13(12)2)19-17(23)14(3)21(7)11-16(22)20-18(4,5)6/h12-15H,8-11H2,1-7H3,(H,19,23)(H,20,22)/p+1/t12-,13-,14-,15-/m1/s1. The van der Waals surface area contributed by atoms with E-state index in [1.807, 2.05) is 34.7 Å². The molecule has 5 atom stereocenters. The predicted octanol–water partition coefficient (Wildman–Crippen LogP) is 0.745. The van der Waals surface area contributed by atoms with Crippen LogP contribution < -0.4 is 15.5 Å². The van der Waals surface area contributed by atoms with Gasteiger partial charge in [0.2, 0.25) is 0 Å². The van der Waals surface area contributed by atoms with Crippen LogP contribution in [-0.4, -0.2) is 43.0 Å². The van der Waals surface area contributed by atoms with Crippen molar-refractivity contribution in [3.05, 3.63) is 0 Å². The Labute approximate surface area is 141 Å². The highest BCUT2D eigenvalue weighted by Crippen LogP contribution is 2.29. The van der Waals surface area contributed by atoms with Crippen LogP contribution in [0, 0.1) is 11.8 Å². The Hall–Kier alpha value is -1.10. The lowest BCUT2D eigenvalue weighted by Gasteiger charge is -2.35. The normalized spacial score (nSPS) is 27.9. The van der Waals surface area contributed by atoms with Gasteiger partial charge in [-0.2, -0.15) is 0 Å². The van der Waals surface area contributed by atoms with Crippen molar-refractivity contribution in [3.8, 4) is 0 Å². The van der Waals surface area contributed by atoms with E-state index in [9.17, 15) is 9.59 Å². The number of likely N-dealkylation sites (N-methyl/N-ethyl adjacent to an activating group) is 1. The summed E-state index contributed by atoms with van der Waals surface area (Å²) < 4.78 is 0. The molecule has 0 aromatic rings. The van der Waals surface area contributed by atoms with E-state index < -0.39 is 0 Å². The minimum Gasteiger partial charge on any atom is -0.348 e. The molecule has 0 aromatic heterocycles. The number of rotatable bonds is 5. The molecule has 0 radical (unpaired) electrons. The molecule has 0 bridgehead atoms. The molecule has 0 saturated heterocycles. The third kappa shape index (κ3) is 6.50. The zero-order chi connectivity index (χ0) is 17.8. The first-order valence-electron chi connectivity index (χ1n) is 8.95. The zero-order valence-electron chi connectivity index (χ0n) is 16.0. The monoisotopic (exact) mass is 326 g/mol. The fourth-order valence-electron chi connectivity index (χ4n) is 3.19. The van der Waals surface area contributed by atoms with E-state index in [1.165, 1.54) is 12.8 Å². The molecule has 0 aromatic carbocycles. The second-order valence-corrected chi connectivity index (χ2v) is 8.43. The molecule has 0 spiro atoms. The molecule has 5 heteroatoms. The summed E-state index contributed by atoms with van der Waals surface area (Å²) in [6, 6.07) is 0.0371. The Kier molecular flexibility index (Phi) is 7.05. The lowest BCUT2D eigenvalue weighted by molar-refractivity contribution is -0.886. The molecular formula is C18H36N3O2+. The molecule has 3 N–H and O–H groups in total. The number of hydrogen-bond acceptors (Lipinski definition) is 2. The average molecular weight is 327 g/mol. The van der Waals surface area contributed by atoms with Crippen LogP contribution in [0.4, 0.5) is 0 Å². The van der Waals surface area contributed by atoms with Crippen molar-refractivity contribution in [2.75, 3.05) is 13.6 Å². The van der Waals surface area contributed by atoms with Crippen molar-refractivity contribution in [1.29, 1.82) is 0 Å². The molecule has 1 rings (SSSR count). The van der Waals surface area contributed by atoms with E-state index in [1.54, 1.807) is 0 Å². The first-order valence-corrected chi connectivity index (χ1v) is 8.95. The highest BCUT2D eigenvalue weighted by molar-refractivity contribution is 5.81. The van der Waals surface area contributed by atoms with Crippen LogP contribution in [0.2, 0.25) is 0 Å². The molecular weight excluding hydrogens is 290 g/mol. The average Bonchev–Trinajstić information content (AvgIpc) is 2.40. The molecule has 1 fully saturated rings. The maximum absolute atomic E-state index is 12.5. The van der Waals surface area contributed by atoms with Crippen molar-refractivity contribution in [1.82, 2.24) is 10.6 Å². The minimum atomic E-state index is -0.240. The second kappa shape index (κ2) is 8.13. The molecule has 1 aliphatic carbocycles. The van der Waals surface area contributed by atoms with Gasteiger partial charge >= 0.3 is 0 Å². The van der Waals surface area contributed by atoms with Crippen LogP contribution in [0.25, 0.3) is 0 Å². The summed E-state index contributed by atoms with van der Waals surface area (Å²) in [5.74, 6) is 1.21. The maximum atomic E-state index is 12.5. The van der Waals surface area contributed by atoms with E-state index in [4.69, 9.17) is 0 Å². The highest BCUT2D eigenvalue weighted by atomic mass is 16.2. The molecule has 1 unspecified atom stereocenters. The van der Waals surface area contributed by atoms with E-state index >= 15 is 0 Å². The summed E-state index contributed by atoms with van der Waals surface area (Å²) in [5.41, 5.74) is -0.240. The van der Waals surface area contributed by atoms with Gasteiger partial charge in [-0.3, -0.25) is 9.59 Å². The Morgan fingerprint density at radius 3 is 2.39 bits per heavy atom. The quantitative estimate of drug-likeness (QED) is 0.698.